The highest BCUT2D eigenvalue weighted by atomic mass is 35.5. The molecule has 2 heterocycles. The molecule has 0 aliphatic carbocycles. The van der Waals surface area contributed by atoms with Crippen LogP contribution in [0.25, 0.3) is 5.57 Å². The third-order valence-corrected chi connectivity index (χ3v) is 5.53. The Morgan fingerprint density at radius 3 is 2.45 bits per heavy atom. The summed E-state index contributed by atoms with van der Waals surface area (Å²) in [5.41, 5.74) is -1.32. The van der Waals surface area contributed by atoms with Crippen molar-refractivity contribution in [2.75, 3.05) is 7.11 Å². The van der Waals surface area contributed by atoms with Crippen LogP contribution >= 0.6 is 11.6 Å². The second kappa shape index (κ2) is 7.89. The third kappa shape index (κ3) is 4.22. The average molecular weight is 422 g/mol. The largest absolute Gasteiger partial charge is 0.525 e. The van der Waals surface area contributed by atoms with Crippen LogP contribution in [0.2, 0.25) is 5.02 Å². The van der Waals surface area contributed by atoms with Crippen LogP contribution in [0.15, 0.2) is 36.2 Å². The number of methoxy groups -OCH3 is 1. The van der Waals surface area contributed by atoms with Crippen molar-refractivity contribution in [2.24, 2.45) is 0 Å². The molecule has 0 amide bonds. The molecule has 1 aliphatic rings. The number of rotatable bonds is 5. The lowest BCUT2D eigenvalue weighted by molar-refractivity contribution is 0.00578. The van der Waals surface area contributed by atoms with E-state index in [9.17, 15) is 4.79 Å². The quantitative estimate of drug-likeness (QED) is 0.541. The number of ether oxygens (including phenoxy) is 1. The van der Waals surface area contributed by atoms with E-state index in [1.807, 2.05) is 27.7 Å². The van der Waals surface area contributed by atoms with E-state index in [1.54, 1.807) is 24.3 Å². The zero-order valence-electron chi connectivity index (χ0n) is 16.9. The normalized spacial score (nSPS) is 18.5. The Hall–Kier alpha value is -2.23. The average Bonchev–Trinajstić information content (AvgIpc) is 3.21. The van der Waals surface area contributed by atoms with Gasteiger partial charge in [0.1, 0.15) is 5.73 Å². The Balaban J connectivity index is 2.02. The van der Waals surface area contributed by atoms with Crippen LogP contribution in [-0.2, 0) is 20.6 Å². The van der Waals surface area contributed by atoms with E-state index in [1.165, 1.54) is 18.0 Å². The molecule has 0 bridgehead atoms. The standard InChI is InChI=1S/C19H22BClFN3O4/c1-18(2)19(3,4)29-20(28-18)16(22)13(12-8-6-7-9-14(12)21)10-25-11-15(23-24-25)17(26)27-5/h6-9,11H,10H2,1-5H3. The highest BCUT2D eigenvalue weighted by molar-refractivity contribution is 6.55. The first-order valence-corrected chi connectivity index (χ1v) is 9.41. The lowest BCUT2D eigenvalue weighted by Crippen LogP contribution is -2.41. The minimum atomic E-state index is -1.20. The maximum atomic E-state index is 15.7. The van der Waals surface area contributed by atoms with Crippen LogP contribution in [-0.4, -0.2) is 46.4 Å². The highest BCUT2D eigenvalue weighted by Crippen LogP contribution is 2.41. The van der Waals surface area contributed by atoms with E-state index in [4.69, 9.17) is 20.9 Å². The third-order valence-electron chi connectivity index (χ3n) is 5.20. The summed E-state index contributed by atoms with van der Waals surface area (Å²) >= 11 is 6.32. The van der Waals surface area contributed by atoms with Crippen molar-refractivity contribution in [3.8, 4) is 0 Å². The van der Waals surface area contributed by atoms with E-state index in [-0.39, 0.29) is 17.8 Å². The minimum absolute atomic E-state index is 0.0158. The van der Waals surface area contributed by atoms with Gasteiger partial charge >= 0.3 is 13.1 Å². The molecular weight excluding hydrogens is 399 g/mol. The summed E-state index contributed by atoms with van der Waals surface area (Å²) in [5, 5.41) is 8.01. The van der Waals surface area contributed by atoms with Crippen LogP contribution < -0.4 is 0 Å². The topological polar surface area (TPSA) is 75.5 Å². The number of carbonyl (C=O) groups excluding carboxylic acids is 1. The maximum absolute atomic E-state index is 15.7. The minimum Gasteiger partial charge on any atom is -0.464 e. The molecule has 29 heavy (non-hydrogen) atoms. The molecule has 1 aromatic carbocycles. The van der Waals surface area contributed by atoms with Crippen molar-refractivity contribution in [2.45, 2.75) is 45.4 Å². The molecule has 3 rings (SSSR count). The van der Waals surface area contributed by atoms with Gasteiger partial charge in [0, 0.05) is 16.2 Å². The molecule has 0 unspecified atom stereocenters. The van der Waals surface area contributed by atoms with Gasteiger partial charge in [-0.25, -0.2) is 13.9 Å². The molecule has 1 aliphatic heterocycles. The second-order valence-electron chi connectivity index (χ2n) is 7.69. The molecule has 0 radical (unpaired) electrons. The molecule has 10 heteroatoms. The number of esters is 1. The van der Waals surface area contributed by atoms with Crippen LogP contribution in [0.5, 0.6) is 0 Å². The van der Waals surface area contributed by atoms with Crippen LogP contribution in [0.1, 0.15) is 43.7 Å². The smallest absolute Gasteiger partial charge is 0.464 e. The van der Waals surface area contributed by atoms with E-state index >= 15 is 4.39 Å². The summed E-state index contributed by atoms with van der Waals surface area (Å²) in [6.45, 7) is 7.33. The van der Waals surface area contributed by atoms with Gasteiger partial charge in [-0.15, -0.1) is 5.10 Å². The van der Waals surface area contributed by atoms with E-state index in [0.717, 1.165) is 0 Å². The van der Waals surface area contributed by atoms with Gasteiger partial charge in [-0.1, -0.05) is 35.0 Å². The molecule has 0 atom stereocenters. The molecule has 7 nitrogen and oxygen atoms in total. The fourth-order valence-corrected chi connectivity index (χ4v) is 3.07. The molecule has 0 saturated carbocycles. The van der Waals surface area contributed by atoms with E-state index in [2.05, 4.69) is 15.0 Å². The molecular formula is C19H22BClFN3O4. The van der Waals surface area contributed by atoms with Gasteiger partial charge in [0.15, 0.2) is 5.69 Å². The summed E-state index contributed by atoms with van der Waals surface area (Å²) in [5.74, 6) is -0.633. The van der Waals surface area contributed by atoms with Crippen molar-refractivity contribution < 1.29 is 23.2 Å². The first-order chi connectivity index (χ1) is 13.6. The molecule has 0 spiro atoms. The number of nitrogens with zero attached hydrogens (tertiary/aromatic N) is 3. The number of hydrogen-bond donors (Lipinski definition) is 0. The SMILES string of the molecule is COC(=O)c1cn(CC(=C(F)B2OC(C)(C)C(C)(C)O2)c2ccccc2Cl)nn1. The Kier molecular flexibility index (Phi) is 5.85. The molecule has 1 saturated heterocycles. The first kappa shape index (κ1) is 21.5. The number of allylic oxidation sites excluding steroid dienone is 1. The van der Waals surface area contributed by atoms with Gasteiger partial charge in [0.2, 0.25) is 0 Å². The molecule has 1 fully saturated rings. The Morgan fingerprint density at radius 2 is 1.86 bits per heavy atom. The molecule has 1 aromatic heterocycles. The number of aromatic nitrogens is 3. The lowest BCUT2D eigenvalue weighted by Gasteiger charge is -2.32. The Labute approximate surface area is 173 Å². The molecule has 154 valence electrons. The second-order valence-corrected chi connectivity index (χ2v) is 8.09. The van der Waals surface area contributed by atoms with Crippen molar-refractivity contribution in [1.82, 2.24) is 15.0 Å². The maximum Gasteiger partial charge on any atom is 0.525 e. The van der Waals surface area contributed by atoms with Gasteiger partial charge in [-0.3, -0.25) is 0 Å². The Morgan fingerprint density at radius 1 is 1.24 bits per heavy atom. The first-order valence-electron chi connectivity index (χ1n) is 9.03. The Bertz CT molecular complexity index is 944. The van der Waals surface area contributed by atoms with Gasteiger partial charge in [0.05, 0.1) is 31.1 Å². The molecule has 0 N–H and O–H groups in total. The van der Waals surface area contributed by atoms with Gasteiger partial charge < -0.3 is 14.0 Å². The number of halogens is 2. The summed E-state index contributed by atoms with van der Waals surface area (Å²) in [6.07, 6.45) is 1.38. The van der Waals surface area contributed by atoms with Crippen LogP contribution in [0.3, 0.4) is 0 Å². The summed E-state index contributed by atoms with van der Waals surface area (Å²) in [4.78, 5) is 11.6. The number of benzene rings is 1. The van der Waals surface area contributed by atoms with E-state index < -0.39 is 30.0 Å². The zero-order valence-corrected chi connectivity index (χ0v) is 17.7. The van der Waals surface area contributed by atoms with Crippen molar-refractivity contribution in [3.05, 3.63) is 52.5 Å². The summed E-state index contributed by atoms with van der Waals surface area (Å²) < 4.78 is 33.3. The predicted octanol–water partition coefficient (Wildman–Crippen LogP) is 3.73. The van der Waals surface area contributed by atoms with Crippen molar-refractivity contribution >= 4 is 30.3 Å². The lowest BCUT2D eigenvalue weighted by atomic mass is 9.82. The summed E-state index contributed by atoms with van der Waals surface area (Å²) in [6, 6.07) is 6.86. The van der Waals surface area contributed by atoms with E-state index in [0.29, 0.717) is 10.6 Å². The van der Waals surface area contributed by atoms with Crippen LogP contribution in [0.4, 0.5) is 4.39 Å². The van der Waals surface area contributed by atoms with Crippen LogP contribution in [0, 0.1) is 0 Å². The van der Waals surface area contributed by atoms with Crippen molar-refractivity contribution in [1.29, 1.82) is 0 Å². The summed E-state index contributed by atoms with van der Waals surface area (Å²) in [7, 11) is 0.0452. The zero-order chi connectivity index (χ0) is 21.4. The monoisotopic (exact) mass is 421 g/mol. The molecule has 2 aromatic rings. The number of carbonyl (C=O) groups is 1. The van der Waals surface area contributed by atoms with Gasteiger partial charge in [-0.05, 0) is 33.8 Å². The predicted molar refractivity (Wildman–Crippen MR) is 107 cm³/mol. The fraction of sp³-hybridized carbons (Fsp3) is 0.421. The van der Waals surface area contributed by atoms with Gasteiger partial charge in [0.25, 0.3) is 0 Å². The number of hydrogen-bond acceptors (Lipinski definition) is 6. The fourth-order valence-electron chi connectivity index (χ4n) is 2.82. The highest BCUT2D eigenvalue weighted by Gasteiger charge is 2.53. The van der Waals surface area contributed by atoms with Crippen molar-refractivity contribution in [3.63, 3.8) is 0 Å². The van der Waals surface area contributed by atoms with Gasteiger partial charge in [-0.2, -0.15) is 0 Å².